The average molecular weight is 328 g/mol. The van der Waals surface area contributed by atoms with Crippen LogP contribution in [0.5, 0.6) is 0 Å². The van der Waals surface area contributed by atoms with Gasteiger partial charge in [0.25, 0.3) is 0 Å². The van der Waals surface area contributed by atoms with Crippen LogP contribution < -0.4 is 0 Å². The highest BCUT2D eigenvalue weighted by Gasteiger charge is 2.36. The summed E-state index contributed by atoms with van der Waals surface area (Å²) in [7, 11) is 0. The van der Waals surface area contributed by atoms with E-state index >= 15 is 0 Å². The van der Waals surface area contributed by atoms with Crippen LogP contribution in [-0.2, 0) is 19.4 Å². The molecule has 1 aromatic carbocycles. The Balaban J connectivity index is 1.33. The lowest BCUT2D eigenvalue weighted by Gasteiger charge is -2.38. The molecule has 2 aromatic rings. The van der Waals surface area contributed by atoms with Crippen molar-refractivity contribution in [3.8, 4) is 0 Å². The Kier molecular flexibility index (Phi) is 4.35. The van der Waals surface area contributed by atoms with Crippen molar-refractivity contribution in [2.45, 2.75) is 38.5 Å². The molecule has 4 rings (SSSR count). The molecule has 2 heterocycles. The van der Waals surface area contributed by atoms with Gasteiger partial charge < -0.3 is 9.63 Å². The van der Waals surface area contributed by atoms with Crippen molar-refractivity contribution in [2.24, 2.45) is 0 Å². The van der Waals surface area contributed by atoms with Crippen LogP contribution in [0.2, 0.25) is 0 Å². The van der Waals surface area contributed by atoms with Crippen molar-refractivity contribution in [2.75, 3.05) is 26.2 Å². The first-order valence-corrected chi connectivity index (χ1v) is 8.78. The lowest BCUT2D eigenvalue weighted by Crippen LogP contribution is -2.51. The van der Waals surface area contributed by atoms with Crippen molar-refractivity contribution < 1.29 is 9.63 Å². The number of benzene rings is 1. The second-order valence-corrected chi connectivity index (χ2v) is 6.69. The zero-order valence-electron chi connectivity index (χ0n) is 14.1. The van der Waals surface area contributed by atoms with E-state index in [9.17, 15) is 5.11 Å². The number of aryl methyl sites for hydroxylation is 1. The molecule has 1 aliphatic carbocycles. The number of aliphatic hydroxyl groups excluding tert-OH is 1. The number of nitrogens with zero attached hydrogens (tertiary/aromatic N) is 4. The molecule has 1 aliphatic heterocycles. The highest BCUT2D eigenvalue weighted by Crippen LogP contribution is 2.34. The topological polar surface area (TPSA) is 65.6 Å². The third kappa shape index (κ3) is 2.97. The molecule has 0 saturated carbocycles. The van der Waals surface area contributed by atoms with Crippen LogP contribution in [0.3, 0.4) is 0 Å². The summed E-state index contributed by atoms with van der Waals surface area (Å²) in [5, 5.41) is 14.7. The standard InChI is InChI=1S/C18H24N4O2/c1-2-17-19-16(20-24-17)12-21-7-9-22(10-8-21)15-11-13-5-3-4-6-14(13)18(15)23/h3-6,15,18,23H,2,7-12H2,1H3. The minimum Gasteiger partial charge on any atom is -0.387 e. The van der Waals surface area contributed by atoms with Gasteiger partial charge in [0.05, 0.1) is 12.6 Å². The highest BCUT2D eigenvalue weighted by molar-refractivity contribution is 5.35. The van der Waals surface area contributed by atoms with Gasteiger partial charge in [0.15, 0.2) is 5.82 Å². The normalized spacial score (nSPS) is 25.1. The van der Waals surface area contributed by atoms with Crippen LogP contribution in [0, 0.1) is 0 Å². The van der Waals surface area contributed by atoms with E-state index < -0.39 is 0 Å². The van der Waals surface area contributed by atoms with Crippen LogP contribution in [-0.4, -0.2) is 57.3 Å². The van der Waals surface area contributed by atoms with Gasteiger partial charge in [0, 0.05) is 38.6 Å². The van der Waals surface area contributed by atoms with Gasteiger partial charge in [-0.05, 0) is 17.5 Å². The molecule has 2 atom stereocenters. The molecule has 0 amide bonds. The third-order valence-corrected chi connectivity index (χ3v) is 5.22. The van der Waals surface area contributed by atoms with E-state index in [1.807, 2.05) is 13.0 Å². The largest absolute Gasteiger partial charge is 0.387 e. The Morgan fingerprint density at radius 1 is 1.21 bits per heavy atom. The van der Waals surface area contributed by atoms with E-state index in [0.717, 1.165) is 57.0 Å². The molecule has 128 valence electrons. The van der Waals surface area contributed by atoms with Gasteiger partial charge in [0.2, 0.25) is 5.89 Å². The maximum absolute atomic E-state index is 10.6. The maximum atomic E-state index is 10.6. The molecule has 1 N–H and O–H groups in total. The quantitative estimate of drug-likeness (QED) is 0.915. The molecular formula is C18H24N4O2. The third-order valence-electron chi connectivity index (χ3n) is 5.22. The molecule has 2 unspecified atom stereocenters. The molecule has 0 spiro atoms. The molecule has 24 heavy (non-hydrogen) atoms. The van der Waals surface area contributed by atoms with Gasteiger partial charge in [-0.25, -0.2) is 0 Å². The van der Waals surface area contributed by atoms with E-state index in [1.54, 1.807) is 0 Å². The number of hydrogen-bond donors (Lipinski definition) is 1. The Bertz CT molecular complexity index is 694. The van der Waals surface area contributed by atoms with E-state index in [4.69, 9.17) is 4.52 Å². The van der Waals surface area contributed by atoms with E-state index in [2.05, 4.69) is 38.1 Å². The summed E-state index contributed by atoms with van der Waals surface area (Å²) in [4.78, 5) is 9.17. The van der Waals surface area contributed by atoms with Crippen LogP contribution in [0.4, 0.5) is 0 Å². The predicted octanol–water partition coefficient (Wildman–Crippen LogP) is 1.41. The summed E-state index contributed by atoms with van der Waals surface area (Å²) in [6.07, 6.45) is 1.36. The van der Waals surface area contributed by atoms with E-state index in [0.29, 0.717) is 5.89 Å². The predicted molar refractivity (Wildman–Crippen MR) is 89.4 cm³/mol. The van der Waals surface area contributed by atoms with Crippen molar-refractivity contribution in [3.05, 3.63) is 47.1 Å². The van der Waals surface area contributed by atoms with Crippen molar-refractivity contribution in [3.63, 3.8) is 0 Å². The van der Waals surface area contributed by atoms with Gasteiger partial charge in [-0.2, -0.15) is 4.98 Å². The first kappa shape index (κ1) is 15.7. The zero-order chi connectivity index (χ0) is 16.5. The summed E-state index contributed by atoms with van der Waals surface area (Å²) < 4.78 is 5.18. The van der Waals surface area contributed by atoms with Crippen molar-refractivity contribution >= 4 is 0 Å². The molecule has 1 saturated heterocycles. The van der Waals surface area contributed by atoms with Crippen molar-refractivity contribution in [1.29, 1.82) is 0 Å². The maximum Gasteiger partial charge on any atom is 0.226 e. The van der Waals surface area contributed by atoms with E-state index in [1.165, 1.54) is 5.56 Å². The fraction of sp³-hybridized carbons (Fsp3) is 0.556. The van der Waals surface area contributed by atoms with Gasteiger partial charge in [-0.1, -0.05) is 36.3 Å². The Hall–Kier alpha value is -1.76. The molecular weight excluding hydrogens is 304 g/mol. The van der Waals surface area contributed by atoms with Gasteiger partial charge in [-0.3, -0.25) is 9.80 Å². The van der Waals surface area contributed by atoms with Crippen molar-refractivity contribution in [1.82, 2.24) is 19.9 Å². The first-order valence-electron chi connectivity index (χ1n) is 8.78. The molecule has 6 heteroatoms. The Morgan fingerprint density at radius 3 is 2.71 bits per heavy atom. The number of piperazine rings is 1. The number of hydrogen-bond acceptors (Lipinski definition) is 6. The lowest BCUT2D eigenvalue weighted by molar-refractivity contribution is 0.0251. The Labute approximate surface area is 142 Å². The average Bonchev–Trinajstić information content (AvgIpc) is 3.21. The summed E-state index contributed by atoms with van der Waals surface area (Å²) in [5.41, 5.74) is 2.39. The number of fused-ring (bicyclic) bond motifs is 1. The molecule has 2 aliphatic rings. The molecule has 6 nitrogen and oxygen atoms in total. The minimum absolute atomic E-state index is 0.210. The summed E-state index contributed by atoms with van der Waals surface area (Å²) in [5.74, 6) is 1.48. The number of aliphatic hydroxyl groups is 1. The SMILES string of the molecule is CCc1nc(CN2CCN(C3Cc4ccccc4C3O)CC2)no1. The smallest absolute Gasteiger partial charge is 0.226 e. The summed E-state index contributed by atoms with van der Waals surface area (Å²) in [6.45, 7) is 6.62. The number of rotatable bonds is 4. The minimum atomic E-state index is -0.364. The molecule has 1 aromatic heterocycles. The van der Waals surface area contributed by atoms with Crippen LogP contribution >= 0.6 is 0 Å². The van der Waals surface area contributed by atoms with Gasteiger partial charge in [0.1, 0.15) is 0 Å². The Morgan fingerprint density at radius 2 is 2.00 bits per heavy atom. The van der Waals surface area contributed by atoms with E-state index in [-0.39, 0.29) is 12.1 Å². The van der Waals surface area contributed by atoms with Crippen LogP contribution in [0.25, 0.3) is 0 Å². The lowest BCUT2D eigenvalue weighted by atomic mass is 10.1. The fourth-order valence-corrected chi connectivity index (χ4v) is 3.83. The fourth-order valence-electron chi connectivity index (χ4n) is 3.83. The van der Waals surface area contributed by atoms with Crippen LogP contribution in [0.1, 0.15) is 35.9 Å². The first-order chi connectivity index (χ1) is 11.7. The van der Waals surface area contributed by atoms with Gasteiger partial charge in [-0.15, -0.1) is 0 Å². The molecule has 1 fully saturated rings. The highest BCUT2D eigenvalue weighted by atomic mass is 16.5. The second-order valence-electron chi connectivity index (χ2n) is 6.69. The zero-order valence-corrected chi connectivity index (χ0v) is 14.1. The van der Waals surface area contributed by atoms with Crippen LogP contribution in [0.15, 0.2) is 28.8 Å². The monoisotopic (exact) mass is 328 g/mol. The van der Waals surface area contributed by atoms with Gasteiger partial charge >= 0.3 is 0 Å². The molecule has 0 bridgehead atoms. The second kappa shape index (κ2) is 6.63. The molecule has 0 radical (unpaired) electrons. The number of aromatic nitrogens is 2. The summed E-state index contributed by atoms with van der Waals surface area (Å²) >= 11 is 0. The summed E-state index contributed by atoms with van der Waals surface area (Å²) in [6, 6.07) is 8.47.